The zero-order chi connectivity index (χ0) is 18.8. The predicted molar refractivity (Wildman–Crippen MR) is 96.2 cm³/mol. The molecule has 2 aromatic rings. The average Bonchev–Trinajstić information content (AvgIpc) is 2.83. The molecule has 1 heterocycles. The van der Waals surface area contributed by atoms with E-state index in [0.29, 0.717) is 11.4 Å². The number of aromatic nitrogens is 2. The molecule has 0 aliphatic carbocycles. The lowest BCUT2D eigenvalue weighted by Gasteiger charge is -2.24. The number of aliphatic carboxylic acids is 1. The number of carbonyl (C=O) groups is 2. The van der Waals surface area contributed by atoms with Crippen LogP contribution in [0.3, 0.4) is 0 Å². The number of nitrogens with one attached hydrogen (secondary N) is 1. The van der Waals surface area contributed by atoms with Crippen LogP contribution in [0.2, 0.25) is 5.02 Å². The van der Waals surface area contributed by atoms with Gasteiger partial charge in [0, 0.05) is 16.3 Å². The fourth-order valence-electron chi connectivity index (χ4n) is 2.57. The Hall–Kier alpha value is -2.34. The van der Waals surface area contributed by atoms with Crippen molar-refractivity contribution >= 4 is 23.5 Å². The SMILES string of the molecule is CCC(C)(NC(=O)Cc1c(C)nn(-c2ccc(Cl)cc2)c1C)C(=O)O. The van der Waals surface area contributed by atoms with Gasteiger partial charge in [0.2, 0.25) is 5.91 Å². The molecule has 0 bridgehead atoms. The maximum Gasteiger partial charge on any atom is 0.329 e. The first kappa shape index (κ1) is 19.0. The van der Waals surface area contributed by atoms with E-state index in [1.54, 1.807) is 23.7 Å². The first-order valence-corrected chi connectivity index (χ1v) is 8.41. The van der Waals surface area contributed by atoms with E-state index in [0.717, 1.165) is 22.6 Å². The van der Waals surface area contributed by atoms with Gasteiger partial charge >= 0.3 is 5.97 Å². The second-order valence-corrected chi connectivity index (χ2v) is 6.69. The Morgan fingerprint density at radius 3 is 2.40 bits per heavy atom. The van der Waals surface area contributed by atoms with Crippen LogP contribution in [0.5, 0.6) is 0 Å². The van der Waals surface area contributed by atoms with Crippen LogP contribution in [-0.4, -0.2) is 32.3 Å². The summed E-state index contributed by atoms with van der Waals surface area (Å²) in [6.45, 7) is 6.94. The Morgan fingerprint density at radius 1 is 1.28 bits per heavy atom. The van der Waals surface area contributed by atoms with E-state index >= 15 is 0 Å². The minimum absolute atomic E-state index is 0.0775. The van der Waals surface area contributed by atoms with Crippen molar-refractivity contribution < 1.29 is 14.7 Å². The molecule has 0 spiro atoms. The van der Waals surface area contributed by atoms with E-state index < -0.39 is 11.5 Å². The van der Waals surface area contributed by atoms with Crippen molar-refractivity contribution in [1.82, 2.24) is 15.1 Å². The van der Waals surface area contributed by atoms with Gasteiger partial charge in [0.15, 0.2) is 0 Å². The van der Waals surface area contributed by atoms with Gasteiger partial charge in [-0.1, -0.05) is 18.5 Å². The van der Waals surface area contributed by atoms with Crippen molar-refractivity contribution in [2.75, 3.05) is 0 Å². The number of halogens is 1. The fraction of sp³-hybridized carbons (Fsp3) is 0.389. The summed E-state index contributed by atoms with van der Waals surface area (Å²) in [7, 11) is 0. The van der Waals surface area contributed by atoms with Gasteiger partial charge in [0.25, 0.3) is 0 Å². The van der Waals surface area contributed by atoms with Crippen molar-refractivity contribution in [2.24, 2.45) is 0 Å². The van der Waals surface area contributed by atoms with Crippen molar-refractivity contribution in [3.8, 4) is 5.69 Å². The molecule has 1 unspecified atom stereocenters. The first-order chi connectivity index (χ1) is 11.7. The van der Waals surface area contributed by atoms with E-state index in [4.69, 9.17) is 11.6 Å². The maximum atomic E-state index is 12.4. The van der Waals surface area contributed by atoms with E-state index in [-0.39, 0.29) is 12.3 Å². The van der Waals surface area contributed by atoms with Crippen LogP contribution in [0.1, 0.15) is 37.2 Å². The number of carbonyl (C=O) groups excluding carboxylic acids is 1. The molecule has 1 aromatic heterocycles. The topological polar surface area (TPSA) is 84.2 Å². The molecule has 1 atom stereocenters. The second kappa shape index (κ2) is 7.27. The highest BCUT2D eigenvalue weighted by molar-refractivity contribution is 6.30. The highest BCUT2D eigenvalue weighted by Crippen LogP contribution is 2.20. The normalized spacial score (nSPS) is 13.3. The summed E-state index contributed by atoms with van der Waals surface area (Å²) in [5.74, 6) is -1.39. The summed E-state index contributed by atoms with van der Waals surface area (Å²) in [5, 5.41) is 17.0. The van der Waals surface area contributed by atoms with Gasteiger partial charge in [-0.25, -0.2) is 9.48 Å². The van der Waals surface area contributed by atoms with Crippen molar-refractivity contribution in [3.05, 3.63) is 46.2 Å². The van der Waals surface area contributed by atoms with Crippen LogP contribution >= 0.6 is 11.6 Å². The lowest BCUT2D eigenvalue weighted by molar-refractivity contribution is -0.146. The number of hydrogen-bond donors (Lipinski definition) is 2. The molecule has 6 nitrogen and oxygen atoms in total. The molecule has 2 N–H and O–H groups in total. The molecule has 0 aliphatic heterocycles. The van der Waals surface area contributed by atoms with Crippen LogP contribution in [-0.2, 0) is 16.0 Å². The Kier molecular flexibility index (Phi) is 5.52. The summed E-state index contributed by atoms with van der Waals surface area (Å²) >= 11 is 5.91. The quantitative estimate of drug-likeness (QED) is 0.826. The molecule has 0 radical (unpaired) electrons. The van der Waals surface area contributed by atoms with Crippen molar-refractivity contribution in [3.63, 3.8) is 0 Å². The van der Waals surface area contributed by atoms with Gasteiger partial charge in [-0.05, 0) is 51.5 Å². The Morgan fingerprint density at radius 2 is 1.88 bits per heavy atom. The van der Waals surface area contributed by atoms with Gasteiger partial charge in [-0.2, -0.15) is 5.10 Å². The second-order valence-electron chi connectivity index (χ2n) is 6.25. The van der Waals surface area contributed by atoms with Crippen LogP contribution in [0.25, 0.3) is 5.69 Å². The van der Waals surface area contributed by atoms with Crippen LogP contribution in [0, 0.1) is 13.8 Å². The smallest absolute Gasteiger partial charge is 0.329 e. The molecule has 1 aromatic carbocycles. The third kappa shape index (κ3) is 4.02. The number of nitrogens with zero attached hydrogens (tertiary/aromatic N) is 2. The predicted octanol–water partition coefficient (Wildman–Crippen LogP) is 3.05. The monoisotopic (exact) mass is 363 g/mol. The Balaban J connectivity index is 2.25. The largest absolute Gasteiger partial charge is 0.480 e. The number of rotatable bonds is 6. The number of amides is 1. The molecule has 134 valence electrons. The molecule has 0 saturated carbocycles. The zero-order valence-corrected chi connectivity index (χ0v) is 15.5. The van der Waals surface area contributed by atoms with Crippen LogP contribution in [0.4, 0.5) is 0 Å². The summed E-state index contributed by atoms with van der Waals surface area (Å²) in [6, 6.07) is 7.26. The summed E-state index contributed by atoms with van der Waals surface area (Å²) in [4.78, 5) is 23.7. The number of aryl methyl sites for hydroxylation is 1. The van der Waals surface area contributed by atoms with E-state index in [1.165, 1.54) is 6.92 Å². The Labute approximate surface area is 151 Å². The number of benzene rings is 1. The average molecular weight is 364 g/mol. The molecule has 7 heteroatoms. The number of hydrogen-bond acceptors (Lipinski definition) is 3. The lowest BCUT2D eigenvalue weighted by Crippen LogP contribution is -2.52. The third-order valence-corrected chi connectivity index (χ3v) is 4.70. The summed E-state index contributed by atoms with van der Waals surface area (Å²) in [6.07, 6.45) is 0.379. The molecule has 1 amide bonds. The minimum atomic E-state index is -1.27. The van der Waals surface area contributed by atoms with E-state index in [9.17, 15) is 14.7 Å². The fourth-order valence-corrected chi connectivity index (χ4v) is 2.70. The lowest BCUT2D eigenvalue weighted by atomic mass is 9.98. The Bertz CT molecular complexity index is 799. The molecular formula is C18H22ClN3O3. The highest BCUT2D eigenvalue weighted by atomic mass is 35.5. The summed E-state index contributed by atoms with van der Waals surface area (Å²) in [5.41, 5.74) is 1.93. The third-order valence-electron chi connectivity index (χ3n) is 4.44. The molecule has 0 aliphatic rings. The van der Waals surface area contributed by atoms with Crippen molar-refractivity contribution in [2.45, 2.75) is 46.1 Å². The molecule has 2 rings (SSSR count). The standard InChI is InChI=1S/C18H22ClN3O3/c1-5-18(4,17(24)25)20-16(23)10-15-11(2)21-22(12(15)3)14-8-6-13(19)7-9-14/h6-9H,5,10H2,1-4H3,(H,20,23)(H,24,25). The maximum absolute atomic E-state index is 12.4. The van der Waals surface area contributed by atoms with Gasteiger partial charge in [-0.3, -0.25) is 4.79 Å². The highest BCUT2D eigenvalue weighted by Gasteiger charge is 2.33. The summed E-state index contributed by atoms with van der Waals surface area (Å²) < 4.78 is 1.75. The van der Waals surface area contributed by atoms with E-state index in [1.807, 2.05) is 26.0 Å². The number of carboxylic acid groups (broad SMARTS) is 1. The molecular weight excluding hydrogens is 342 g/mol. The van der Waals surface area contributed by atoms with E-state index in [2.05, 4.69) is 10.4 Å². The molecule has 25 heavy (non-hydrogen) atoms. The minimum Gasteiger partial charge on any atom is -0.480 e. The van der Waals surface area contributed by atoms with Gasteiger partial charge < -0.3 is 10.4 Å². The molecule has 0 fully saturated rings. The van der Waals surface area contributed by atoms with Crippen molar-refractivity contribution in [1.29, 1.82) is 0 Å². The molecule has 0 saturated heterocycles. The van der Waals surface area contributed by atoms with Gasteiger partial charge in [-0.15, -0.1) is 0 Å². The first-order valence-electron chi connectivity index (χ1n) is 8.03. The van der Waals surface area contributed by atoms with Crippen LogP contribution in [0.15, 0.2) is 24.3 Å². The van der Waals surface area contributed by atoms with Gasteiger partial charge in [0.1, 0.15) is 5.54 Å². The number of carboxylic acids is 1. The van der Waals surface area contributed by atoms with Gasteiger partial charge in [0.05, 0.1) is 17.8 Å². The zero-order valence-electron chi connectivity index (χ0n) is 14.8. The van der Waals surface area contributed by atoms with Crippen LogP contribution < -0.4 is 5.32 Å².